The maximum Gasteiger partial charge on any atom is 0.407 e. The highest BCUT2D eigenvalue weighted by atomic mass is 16.5. The Morgan fingerprint density at radius 2 is 1.86 bits per heavy atom. The first-order valence-electron chi connectivity index (χ1n) is 6.79. The van der Waals surface area contributed by atoms with Crippen LogP contribution in [0.3, 0.4) is 0 Å². The molecule has 6 nitrogen and oxygen atoms in total. The number of hydrogen-bond donors (Lipinski definition) is 2. The van der Waals surface area contributed by atoms with Gasteiger partial charge in [-0.15, -0.1) is 0 Å². The number of nitrogens with zero attached hydrogens (tertiary/aromatic N) is 1. The van der Waals surface area contributed by atoms with Gasteiger partial charge >= 0.3 is 12.1 Å². The van der Waals surface area contributed by atoms with Crippen LogP contribution in [0.25, 0.3) is 0 Å². The van der Waals surface area contributed by atoms with Crippen molar-refractivity contribution in [1.29, 1.82) is 0 Å². The van der Waals surface area contributed by atoms with Crippen molar-refractivity contribution in [2.75, 3.05) is 6.54 Å². The Balaban J connectivity index is 1.73. The van der Waals surface area contributed by atoms with E-state index in [2.05, 4.69) is 10.3 Å². The van der Waals surface area contributed by atoms with Crippen LogP contribution in [-0.2, 0) is 17.8 Å². The first-order valence-corrected chi connectivity index (χ1v) is 6.79. The molecule has 0 aliphatic heterocycles. The minimum atomic E-state index is -1.07. The summed E-state index contributed by atoms with van der Waals surface area (Å²) in [4.78, 5) is 26.3. The average molecular weight is 300 g/mol. The first-order chi connectivity index (χ1) is 10.6. The number of rotatable bonds is 6. The number of benzene rings is 1. The summed E-state index contributed by atoms with van der Waals surface area (Å²) in [6, 6.07) is 14.1. The van der Waals surface area contributed by atoms with Gasteiger partial charge in [-0.1, -0.05) is 36.4 Å². The van der Waals surface area contributed by atoms with Gasteiger partial charge in [0.25, 0.3) is 0 Å². The van der Waals surface area contributed by atoms with Crippen LogP contribution in [0.4, 0.5) is 4.79 Å². The minimum Gasteiger partial charge on any atom is -0.477 e. The van der Waals surface area contributed by atoms with Crippen molar-refractivity contribution in [3.05, 3.63) is 65.5 Å². The standard InChI is InChI=1S/C16H16N2O4/c19-15(20)14-8-4-7-13(18-14)9-10-17-16(21)22-11-12-5-2-1-3-6-12/h1-8H,9-11H2,(H,17,21)(H,19,20). The first kappa shape index (κ1) is 15.5. The molecule has 0 saturated carbocycles. The third-order valence-electron chi connectivity index (χ3n) is 2.89. The number of carboxylic acids is 1. The lowest BCUT2D eigenvalue weighted by molar-refractivity contribution is 0.0690. The Kier molecular flexibility index (Phi) is 5.48. The lowest BCUT2D eigenvalue weighted by Crippen LogP contribution is -2.26. The molecule has 0 fully saturated rings. The second-order valence-corrected chi connectivity index (χ2v) is 4.56. The highest BCUT2D eigenvalue weighted by Gasteiger charge is 2.06. The third-order valence-corrected chi connectivity index (χ3v) is 2.89. The van der Waals surface area contributed by atoms with E-state index in [1.165, 1.54) is 6.07 Å². The van der Waals surface area contributed by atoms with Gasteiger partial charge in [-0.3, -0.25) is 0 Å². The van der Waals surface area contributed by atoms with Gasteiger partial charge in [0.2, 0.25) is 0 Å². The number of pyridine rings is 1. The molecule has 0 radical (unpaired) electrons. The predicted molar refractivity (Wildman–Crippen MR) is 79.5 cm³/mol. The number of alkyl carbamates (subject to hydrolysis) is 1. The van der Waals surface area contributed by atoms with E-state index in [4.69, 9.17) is 9.84 Å². The van der Waals surface area contributed by atoms with Crippen molar-refractivity contribution < 1.29 is 19.4 Å². The van der Waals surface area contributed by atoms with E-state index in [1.54, 1.807) is 12.1 Å². The zero-order valence-corrected chi connectivity index (χ0v) is 11.9. The van der Waals surface area contributed by atoms with Gasteiger partial charge < -0.3 is 15.2 Å². The Morgan fingerprint density at radius 3 is 2.59 bits per heavy atom. The molecule has 2 rings (SSSR count). The molecule has 0 bridgehead atoms. The summed E-state index contributed by atoms with van der Waals surface area (Å²) in [6.45, 7) is 0.531. The van der Waals surface area contributed by atoms with Gasteiger partial charge in [-0.25, -0.2) is 14.6 Å². The Hall–Kier alpha value is -2.89. The van der Waals surface area contributed by atoms with Crippen molar-refractivity contribution in [1.82, 2.24) is 10.3 Å². The normalized spacial score (nSPS) is 10.0. The van der Waals surface area contributed by atoms with Gasteiger partial charge in [0.15, 0.2) is 0 Å². The summed E-state index contributed by atoms with van der Waals surface area (Å²) in [6.07, 6.45) is -0.0834. The Morgan fingerprint density at radius 1 is 1.09 bits per heavy atom. The molecule has 0 aliphatic rings. The van der Waals surface area contributed by atoms with Crippen LogP contribution in [0.15, 0.2) is 48.5 Å². The largest absolute Gasteiger partial charge is 0.477 e. The maximum absolute atomic E-state index is 11.5. The molecule has 1 amide bonds. The van der Waals surface area contributed by atoms with Gasteiger partial charge in [0.05, 0.1) is 0 Å². The Labute approximate surface area is 127 Å². The van der Waals surface area contributed by atoms with Crippen LogP contribution in [0.1, 0.15) is 21.7 Å². The molecule has 6 heteroatoms. The van der Waals surface area contributed by atoms with Gasteiger partial charge in [-0.2, -0.15) is 0 Å². The number of amides is 1. The van der Waals surface area contributed by atoms with Crippen LogP contribution in [-0.4, -0.2) is 28.7 Å². The molecule has 0 aliphatic carbocycles. The summed E-state index contributed by atoms with van der Waals surface area (Å²) in [5.41, 5.74) is 1.50. The minimum absolute atomic E-state index is 0.0100. The average Bonchev–Trinajstić information content (AvgIpc) is 2.54. The molecule has 2 N–H and O–H groups in total. The van der Waals surface area contributed by atoms with E-state index in [9.17, 15) is 9.59 Å². The van der Waals surface area contributed by atoms with Gasteiger partial charge in [0.1, 0.15) is 12.3 Å². The zero-order chi connectivity index (χ0) is 15.8. The molecule has 22 heavy (non-hydrogen) atoms. The van der Waals surface area contributed by atoms with Crippen molar-refractivity contribution in [3.8, 4) is 0 Å². The Bertz CT molecular complexity index is 644. The third kappa shape index (κ3) is 4.90. The second kappa shape index (κ2) is 7.78. The molecule has 2 aromatic rings. The van der Waals surface area contributed by atoms with Gasteiger partial charge in [0, 0.05) is 18.7 Å². The molecule has 1 heterocycles. The highest BCUT2D eigenvalue weighted by Crippen LogP contribution is 2.02. The molecule has 0 saturated heterocycles. The maximum atomic E-state index is 11.5. The monoisotopic (exact) mass is 300 g/mol. The summed E-state index contributed by atoms with van der Waals surface area (Å²) in [7, 11) is 0. The fraction of sp³-hybridized carbons (Fsp3) is 0.188. The quantitative estimate of drug-likeness (QED) is 0.854. The van der Waals surface area contributed by atoms with Crippen molar-refractivity contribution in [2.24, 2.45) is 0 Å². The molecule has 114 valence electrons. The molecule has 1 aromatic carbocycles. The number of carboxylic acid groups (broad SMARTS) is 1. The number of aromatic carboxylic acids is 1. The molecular weight excluding hydrogens is 284 g/mol. The van der Waals surface area contributed by atoms with E-state index in [0.717, 1.165) is 5.56 Å². The molecule has 0 spiro atoms. The van der Waals surface area contributed by atoms with E-state index < -0.39 is 12.1 Å². The van der Waals surface area contributed by atoms with Crippen molar-refractivity contribution in [2.45, 2.75) is 13.0 Å². The molecule has 1 aromatic heterocycles. The smallest absolute Gasteiger partial charge is 0.407 e. The van der Waals surface area contributed by atoms with Crippen LogP contribution in [0, 0.1) is 0 Å². The molecular formula is C16H16N2O4. The summed E-state index contributed by atoms with van der Waals surface area (Å²) in [5.74, 6) is -1.07. The summed E-state index contributed by atoms with van der Waals surface area (Å²) < 4.78 is 5.06. The zero-order valence-electron chi connectivity index (χ0n) is 11.9. The topological polar surface area (TPSA) is 88.5 Å². The lowest BCUT2D eigenvalue weighted by atomic mass is 10.2. The van der Waals surface area contributed by atoms with Gasteiger partial charge in [-0.05, 0) is 17.7 Å². The second-order valence-electron chi connectivity index (χ2n) is 4.56. The fourth-order valence-corrected chi connectivity index (χ4v) is 1.80. The van der Waals surface area contributed by atoms with Crippen LogP contribution >= 0.6 is 0 Å². The molecule has 0 atom stereocenters. The number of carbonyl (C=O) groups excluding carboxylic acids is 1. The summed E-state index contributed by atoms with van der Waals surface area (Å²) >= 11 is 0. The number of hydrogen-bond acceptors (Lipinski definition) is 4. The van der Waals surface area contributed by atoms with E-state index in [0.29, 0.717) is 18.7 Å². The number of aromatic nitrogens is 1. The number of nitrogens with one attached hydrogen (secondary N) is 1. The predicted octanol–water partition coefficient (Wildman–Crippen LogP) is 2.25. The van der Waals surface area contributed by atoms with E-state index in [1.807, 2.05) is 30.3 Å². The number of carbonyl (C=O) groups is 2. The van der Waals surface area contributed by atoms with E-state index in [-0.39, 0.29) is 12.3 Å². The van der Waals surface area contributed by atoms with Crippen LogP contribution in [0.5, 0.6) is 0 Å². The lowest BCUT2D eigenvalue weighted by Gasteiger charge is -2.07. The van der Waals surface area contributed by atoms with Crippen LogP contribution in [0.2, 0.25) is 0 Å². The molecule has 0 unspecified atom stereocenters. The van der Waals surface area contributed by atoms with E-state index >= 15 is 0 Å². The van der Waals surface area contributed by atoms with Crippen molar-refractivity contribution in [3.63, 3.8) is 0 Å². The van der Waals surface area contributed by atoms with Crippen molar-refractivity contribution >= 4 is 12.1 Å². The SMILES string of the molecule is O=C(NCCc1cccc(C(=O)O)n1)OCc1ccccc1. The highest BCUT2D eigenvalue weighted by molar-refractivity contribution is 5.85. The van der Waals surface area contributed by atoms with Crippen LogP contribution < -0.4 is 5.32 Å². The number of ether oxygens (including phenoxy) is 1. The summed E-state index contributed by atoms with van der Waals surface area (Å²) in [5, 5.41) is 11.5. The fourth-order valence-electron chi connectivity index (χ4n) is 1.80.